The highest BCUT2D eigenvalue weighted by Crippen LogP contribution is 2.28. The van der Waals surface area contributed by atoms with Crippen LogP contribution < -0.4 is 21.7 Å². The molecule has 0 bridgehead atoms. The van der Waals surface area contributed by atoms with E-state index in [-0.39, 0.29) is 11.1 Å². The molecule has 0 saturated heterocycles. The fraction of sp³-hybridized carbons (Fsp3) is 0.0500. The van der Waals surface area contributed by atoms with E-state index in [9.17, 15) is 9.59 Å². The fourth-order valence-corrected chi connectivity index (χ4v) is 6.12. The van der Waals surface area contributed by atoms with Crippen LogP contribution in [0.2, 0.25) is 0 Å². The lowest BCUT2D eigenvalue weighted by Crippen LogP contribution is -2.48. The Labute approximate surface area is 264 Å². The summed E-state index contributed by atoms with van der Waals surface area (Å²) in [6, 6.07) is 43.0. The van der Waals surface area contributed by atoms with E-state index < -0.39 is 0 Å². The van der Waals surface area contributed by atoms with Crippen LogP contribution in [0.1, 0.15) is 12.8 Å². The van der Waals surface area contributed by atoms with Crippen LogP contribution in [0.3, 0.4) is 0 Å². The summed E-state index contributed by atoms with van der Waals surface area (Å²) in [6.07, 6.45) is 5.76. The van der Waals surface area contributed by atoms with Crippen LogP contribution in [0.25, 0.3) is 68.3 Å². The summed E-state index contributed by atoms with van der Waals surface area (Å²) < 4.78 is 3.39. The predicted molar refractivity (Wildman–Crippen MR) is 184 cm³/mol. The average molecular weight is 597 g/mol. The van der Waals surface area contributed by atoms with Gasteiger partial charge in [-0.25, -0.2) is 9.97 Å². The zero-order valence-electron chi connectivity index (χ0n) is 24.9. The first kappa shape index (κ1) is 27.4. The number of hydrogen-bond donors (Lipinski definition) is 0. The maximum atomic E-state index is 13.7. The molecular formula is C40H28N4O2. The van der Waals surface area contributed by atoms with Gasteiger partial charge in [0, 0.05) is 11.1 Å². The second-order valence-corrected chi connectivity index (χ2v) is 11.3. The number of para-hydroxylation sites is 3. The number of benzene rings is 5. The van der Waals surface area contributed by atoms with E-state index in [0.29, 0.717) is 27.8 Å². The molecule has 46 heavy (non-hydrogen) atoms. The van der Waals surface area contributed by atoms with Crippen LogP contribution >= 0.6 is 0 Å². The molecule has 2 heterocycles. The van der Waals surface area contributed by atoms with Gasteiger partial charge in [0.2, 0.25) is 0 Å². The highest BCUT2D eigenvalue weighted by atomic mass is 16.1. The van der Waals surface area contributed by atoms with Crippen molar-refractivity contribution in [1.82, 2.24) is 19.1 Å². The summed E-state index contributed by atoms with van der Waals surface area (Å²) in [7, 11) is 0. The summed E-state index contributed by atoms with van der Waals surface area (Å²) in [5, 5.41) is 1.98. The van der Waals surface area contributed by atoms with E-state index in [1.807, 2.05) is 133 Å². The Kier molecular flexibility index (Phi) is 6.80. The van der Waals surface area contributed by atoms with Crippen molar-refractivity contribution >= 4 is 23.1 Å². The lowest BCUT2D eigenvalue weighted by atomic mass is 10.0. The molecule has 0 unspecified atom stereocenters. The van der Waals surface area contributed by atoms with E-state index in [1.165, 1.54) is 0 Å². The smallest absolute Gasteiger partial charge is 0.266 e. The van der Waals surface area contributed by atoms with Crippen LogP contribution in [0.15, 0.2) is 143 Å². The Morgan fingerprint density at radius 1 is 0.457 bits per heavy atom. The molecule has 1 aliphatic carbocycles. The Morgan fingerprint density at radius 3 is 1.54 bits per heavy atom. The third-order valence-electron chi connectivity index (χ3n) is 8.42. The molecule has 0 amide bonds. The van der Waals surface area contributed by atoms with Gasteiger partial charge >= 0.3 is 0 Å². The lowest BCUT2D eigenvalue weighted by molar-refractivity contribution is 0.904. The Bertz CT molecular complexity index is 2480. The average Bonchev–Trinajstić information content (AvgIpc) is 3.12. The van der Waals surface area contributed by atoms with E-state index >= 15 is 0 Å². The van der Waals surface area contributed by atoms with E-state index in [1.54, 1.807) is 9.13 Å². The van der Waals surface area contributed by atoms with Gasteiger partial charge < -0.3 is 0 Å². The SMILES string of the molecule is O=c1c2c(nc(-c3ccc(-c4ccc(-c5nc6ccccc6c(=O)n5-c5ccccc5)cc4)cc3)n1-c1ccccc1)=CCCC=2. The summed E-state index contributed by atoms with van der Waals surface area (Å²) in [4.78, 5) is 37.3. The standard InChI is InChI=1S/C40H28N4O2/c45-39-33-15-7-9-17-35(33)41-37(43(39)31-11-3-1-4-12-31)29-23-19-27(20-24-29)28-21-25-30(26-22-28)38-42-36-18-10-8-16-34(36)40(46)44(38)32-13-5-2-6-14-32/h1-7,9,11-26H,8,10H2. The Hall–Kier alpha value is -6.14. The summed E-state index contributed by atoms with van der Waals surface area (Å²) in [5.41, 5.74) is 5.79. The number of nitrogens with zero attached hydrogens (tertiary/aromatic N) is 4. The van der Waals surface area contributed by atoms with E-state index in [4.69, 9.17) is 9.97 Å². The molecule has 0 fully saturated rings. The first-order chi connectivity index (χ1) is 22.7. The molecule has 220 valence electrons. The number of rotatable bonds is 5. The van der Waals surface area contributed by atoms with Gasteiger partial charge in [-0.1, -0.05) is 109 Å². The van der Waals surface area contributed by atoms with Crippen molar-refractivity contribution in [2.75, 3.05) is 0 Å². The predicted octanol–water partition coefficient (Wildman–Crippen LogP) is 6.29. The van der Waals surface area contributed by atoms with Gasteiger partial charge in [0.05, 0.1) is 32.8 Å². The molecule has 2 aromatic heterocycles. The Balaban J connectivity index is 1.19. The zero-order valence-corrected chi connectivity index (χ0v) is 24.9. The molecule has 0 atom stereocenters. The second-order valence-electron chi connectivity index (χ2n) is 11.3. The van der Waals surface area contributed by atoms with Gasteiger partial charge in [0.15, 0.2) is 0 Å². The monoisotopic (exact) mass is 596 g/mol. The number of aromatic nitrogens is 4. The molecule has 6 nitrogen and oxygen atoms in total. The van der Waals surface area contributed by atoms with Crippen LogP contribution in [0, 0.1) is 0 Å². The molecule has 0 saturated carbocycles. The minimum atomic E-state index is -0.105. The third-order valence-corrected chi connectivity index (χ3v) is 8.42. The zero-order chi connectivity index (χ0) is 31.0. The topological polar surface area (TPSA) is 69.8 Å². The van der Waals surface area contributed by atoms with Gasteiger partial charge in [0.1, 0.15) is 11.6 Å². The highest BCUT2D eigenvalue weighted by Gasteiger charge is 2.16. The minimum absolute atomic E-state index is 0.0573. The van der Waals surface area contributed by atoms with Gasteiger partial charge in [-0.15, -0.1) is 0 Å². The van der Waals surface area contributed by atoms with Crippen molar-refractivity contribution in [2.45, 2.75) is 12.8 Å². The molecule has 0 aliphatic heterocycles. The summed E-state index contributed by atoms with van der Waals surface area (Å²) >= 11 is 0. The summed E-state index contributed by atoms with van der Waals surface area (Å²) in [6.45, 7) is 0. The van der Waals surface area contributed by atoms with E-state index in [2.05, 4.69) is 12.1 Å². The highest BCUT2D eigenvalue weighted by molar-refractivity contribution is 5.81. The third kappa shape index (κ3) is 4.77. The summed E-state index contributed by atoms with van der Waals surface area (Å²) in [5.74, 6) is 1.20. The van der Waals surface area contributed by atoms with Crippen molar-refractivity contribution in [3.63, 3.8) is 0 Å². The lowest BCUT2D eigenvalue weighted by Gasteiger charge is -2.15. The van der Waals surface area contributed by atoms with Gasteiger partial charge in [-0.05, 0) is 60.4 Å². The van der Waals surface area contributed by atoms with Crippen molar-refractivity contribution in [3.05, 3.63) is 165 Å². The quantitative estimate of drug-likeness (QED) is 0.234. The molecular weight excluding hydrogens is 568 g/mol. The van der Waals surface area contributed by atoms with Crippen molar-refractivity contribution in [3.8, 4) is 45.3 Å². The molecule has 5 aromatic carbocycles. The molecule has 7 aromatic rings. The maximum absolute atomic E-state index is 13.7. The first-order valence-corrected chi connectivity index (χ1v) is 15.3. The molecule has 0 N–H and O–H groups in total. The molecule has 8 rings (SSSR count). The fourth-order valence-electron chi connectivity index (χ4n) is 6.12. The van der Waals surface area contributed by atoms with Gasteiger partial charge in [-0.2, -0.15) is 0 Å². The molecule has 6 heteroatoms. The minimum Gasteiger partial charge on any atom is -0.268 e. The van der Waals surface area contributed by atoms with Crippen LogP contribution in [0.4, 0.5) is 0 Å². The Morgan fingerprint density at radius 2 is 0.935 bits per heavy atom. The normalized spacial score (nSPS) is 12.3. The maximum Gasteiger partial charge on any atom is 0.266 e. The van der Waals surface area contributed by atoms with E-state index in [0.717, 1.165) is 51.8 Å². The molecule has 0 radical (unpaired) electrons. The number of hydrogen-bond acceptors (Lipinski definition) is 4. The number of fused-ring (bicyclic) bond motifs is 2. The first-order valence-electron chi connectivity index (χ1n) is 15.3. The van der Waals surface area contributed by atoms with Crippen LogP contribution in [-0.4, -0.2) is 19.1 Å². The van der Waals surface area contributed by atoms with Crippen LogP contribution in [0.5, 0.6) is 0 Å². The van der Waals surface area contributed by atoms with Crippen molar-refractivity contribution < 1.29 is 0 Å². The molecule has 1 aliphatic rings. The molecule has 0 spiro atoms. The second kappa shape index (κ2) is 11.4. The van der Waals surface area contributed by atoms with Gasteiger partial charge in [0.25, 0.3) is 11.1 Å². The van der Waals surface area contributed by atoms with Crippen molar-refractivity contribution in [2.24, 2.45) is 0 Å². The van der Waals surface area contributed by atoms with Crippen LogP contribution in [-0.2, 0) is 0 Å². The van der Waals surface area contributed by atoms with Gasteiger partial charge in [-0.3, -0.25) is 18.7 Å². The van der Waals surface area contributed by atoms with Crippen molar-refractivity contribution in [1.29, 1.82) is 0 Å². The largest absolute Gasteiger partial charge is 0.268 e.